The number of methoxy groups -OCH3 is 1. The molecule has 1 amide bonds. The van der Waals surface area contributed by atoms with E-state index in [9.17, 15) is 4.79 Å². The molecule has 1 saturated heterocycles. The van der Waals surface area contributed by atoms with Gasteiger partial charge < -0.3 is 15.0 Å². The molecule has 2 aromatic heterocycles. The molecule has 134 valence electrons. The Morgan fingerprint density at radius 1 is 1.48 bits per heavy atom. The number of ether oxygens (including phenoxy) is 1. The van der Waals surface area contributed by atoms with E-state index in [0.717, 1.165) is 30.0 Å². The average Bonchev–Trinajstić information content (AvgIpc) is 3.16. The van der Waals surface area contributed by atoms with Crippen LogP contribution >= 0.6 is 0 Å². The number of amides is 1. The van der Waals surface area contributed by atoms with E-state index in [1.807, 2.05) is 26.2 Å². The quantitative estimate of drug-likeness (QED) is 0.820. The van der Waals surface area contributed by atoms with Gasteiger partial charge >= 0.3 is 0 Å². The molecule has 1 fully saturated rings. The summed E-state index contributed by atoms with van der Waals surface area (Å²) in [6, 6.07) is 2.03. The van der Waals surface area contributed by atoms with Crippen LogP contribution in [0.25, 0.3) is 0 Å². The van der Waals surface area contributed by atoms with Gasteiger partial charge in [-0.15, -0.1) is 0 Å². The van der Waals surface area contributed by atoms with E-state index in [1.165, 1.54) is 6.33 Å². The van der Waals surface area contributed by atoms with E-state index in [1.54, 1.807) is 18.0 Å². The van der Waals surface area contributed by atoms with Gasteiger partial charge in [-0.05, 0) is 19.4 Å². The van der Waals surface area contributed by atoms with E-state index < -0.39 is 0 Å². The third kappa shape index (κ3) is 4.14. The number of aryl methyl sites for hydroxylation is 2. The topological polar surface area (TPSA) is 85.2 Å². The standard InChI is InChI=1S/C17H24N6O2/c1-12-13(9-22(2)21-12)6-17(24)19-8-14-7-15(25-3)10-23(14)16-4-5-18-11-20-16/h4-5,9,11,14-15H,6-8,10H2,1-3H3,(H,19,24)/t14-,15-/m1/s1. The van der Waals surface area contributed by atoms with Crippen molar-refractivity contribution in [3.8, 4) is 0 Å². The number of hydrogen-bond acceptors (Lipinski definition) is 6. The third-order valence-electron chi connectivity index (χ3n) is 4.57. The van der Waals surface area contributed by atoms with E-state index in [0.29, 0.717) is 13.0 Å². The Bertz CT molecular complexity index is 717. The number of carbonyl (C=O) groups is 1. The molecule has 8 heteroatoms. The molecule has 0 spiro atoms. The Hall–Kier alpha value is -2.48. The molecule has 0 bridgehead atoms. The SMILES string of the molecule is CO[C@@H]1C[C@H](CNC(=O)Cc2cn(C)nc2C)N(c2ccncn2)C1. The second-order valence-corrected chi connectivity index (χ2v) is 6.36. The molecule has 3 rings (SSSR count). The number of nitrogens with zero attached hydrogens (tertiary/aromatic N) is 5. The van der Waals surface area contributed by atoms with E-state index in [2.05, 4.69) is 25.3 Å². The Morgan fingerprint density at radius 2 is 2.32 bits per heavy atom. The summed E-state index contributed by atoms with van der Waals surface area (Å²) in [6.07, 6.45) is 6.48. The van der Waals surface area contributed by atoms with Crippen LogP contribution in [-0.2, 0) is 23.0 Å². The Morgan fingerprint density at radius 3 is 2.96 bits per heavy atom. The van der Waals surface area contributed by atoms with Gasteiger partial charge in [-0.1, -0.05) is 0 Å². The Balaban J connectivity index is 1.60. The summed E-state index contributed by atoms with van der Waals surface area (Å²) in [5, 5.41) is 7.31. The van der Waals surface area contributed by atoms with E-state index in [-0.39, 0.29) is 18.1 Å². The predicted molar refractivity (Wildman–Crippen MR) is 93.2 cm³/mol. The lowest BCUT2D eigenvalue weighted by atomic mass is 10.1. The fourth-order valence-corrected chi connectivity index (χ4v) is 3.26. The molecule has 8 nitrogen and oxygen atoms in total. The first-order chi connectivity index (χ1) is 12.1. The van der Waals surface area contributed by atoms with Crippen LogP contribution in [0.15, 0.2) is 24.8 Å². The van der Waals surface area contributed by atoms with Crippen LogP contribution in [0, 0.1) is 6.92 Å². The predicted octanol–water partition coefficient (Wildman–Crippen LogP) is 0.471. The van der Waals surface area contributed by atoms with Gasteiger partial charge in [-0.2, -0.15) is 5.10 Å². The van der Waals surface area contributed by atoms with Crippen LogP contribution < -0.4 is 10.2 Å². The first-order valence-electron chi connectivity index (χ1n) is 8.38. The third-order valence-corrected chi connectivity index (χ3v) is 4.57. The van der Waals surface area contributed by atoms with Gasteiger partial charge in [0, 0.05) is 45.2 Å². The first-order valence-corrected chi connectivity index (χ1v) is 8.38. The molecule has 0 aliphatic carbocycles. The molecule has 2 atom stereocenters. The minimum atomic E-state index is -0.000366. The van der Waals surface area contributed by atoms with Crippen LogP contribution in [0.2, 0.25) is 0 Å². The Kier molecular flexibility index (Phi) is 5.28. The van der Waals surface area contributed by atoms with Crippen LogP contribution in [0.3, 0.4) is 0 Å². The number of anilines is 1. The first kappa shape index (κ1) is 17.3. The van der Waals surface area contributed by atoms with Crippen molar-refractivity contribution in [1.29, 1.82) is 0 Å². The van der Waals surface area contributed by atoms with Crippen LogP contribution in [0.5, 0.6) is 0 Å². The molecule has 0 unspecified atom stereocenters. The van der Waals surface area contributed by atoms with Gasteiger partial charge in [-0.3, -0.25) is 9.48 Å². The number of hydrogen-bond donors (Lipinski definition) is 1. The van der Waals surface area contributed by atoms with Gasteiger partial charge in [0.2, 0.25) is 5.91 Å². The summed E-state index contributed by atoms with van der Waals surface area (Å²) in [4.78, 5) is 22.8. The Labute approximate surface area is 147 Å². The molecule has 0 aromatic carbocycles. The summed E-state index contributed by atoms with van der Waals surface area (Å²) >= 11 is 0. The molecule has 1 aliphatic heterocycles. The van der Waals surface area contributed by atoms with Crippen LogP contribution in [-0.4, -0.2) is 58.0 Å². The van der Waals surface area contributed by atoms with Crippen LogP contribution in [0.4, 0.5) is 5.82 Å². The van der Waals surface area contributed by atoms with Crippen molar-refractivity contribution in [3.05, 3.63) is 36.0 Å². The molecule has 25 heavy (non-hydrogen) atoms. The lowest BCUT2D eigenvalue weighted by molar-refractivity contribution is -0.120. The van der Waals surface area contributed by atoms with Gasteiger partial charge in [0.05, 0.1) is 24.3 Å². The average molecular weight is 344 g/mol. The minimum Gasteiger partial charge on any atom is -0.380 e. The minimum absolute atomic E-state index is 0.000366. The van der Waals surface area contributed by atoms with Crippen molar-refractivity contribution < 1.29 is 9.53 Å². The highest BCUT2D eigenvalue weighted by atomic mass is 16.5. The van der Waals surface area contributed by atoms with Crippen molar-refractivity contribution in [1.82, 2.24) is 25.1 Å². The molecule has 0 radical (unpaired) electrons. The highest BCUT2D eigenvalue weighted by molar-refractivity contribution is 5.78. The van der Waals surface area contributed by atoms with Crippen molar-refractivity contribution >= 4 is 11.7 Å². The summed E-state index contributed by atoms with van der Waals surface area (Å²) in [5.74, 6) is 0.858. The zero-order chi connectivity index (χ0) is 17.8. The van der Waals surface area contributed by atoms with E-state index in [4.69, 9.17) is 4.74 Å². The lowest BCUT2D eigenvalue weighted by Gasteiger charge is -2.25. The zero-order valence-corrected chi connectivity index (χ0v) is 14.8. The fraction of sp³-hybridized carbons (Fsp3) is 0.529. The molecule has 1 aliphatic rings. The van der Waals surface area contributed by atoms with Crippen molar-refractivity contribution in [2.45, 2.75) is 31.9 Å². The maximum Gasteiger partial charge on any atom is 0.224 e. The normalized spacial score (nSPS) is 20.0. The highest BCUT2D eigenvalue weighted by Gasteiger charge is 2.33. The fourth-order valence-electron chi connectivity index (χ4n) is 3.26. The molecule has 0 saturated carbocycles. The molecule has 2 aromatic rings. The van der Waals surface area contributed by atoms with Gasteiger partial charge in [-0.25, -0.2) is 9.97 Å². The second-order valence-electron chi connectivity index (χ2n) is 6.36. The van der Waals surface area contributed by atoms with Crippen molar-refractivity contribution in [2.24, 2.45) is 7.05 Å². The summed E-state index contributed by atoms with van der Waals surface area (Å²) in [7, 11) is 3.58. The molecular weight excluding hydrogens is 320 g/mol. The van der Waals surface area contributed by atoms with Gasteiger partial charge in [0.1, 0.15) is 12.1 Å². The summed E-state index contributed by atoms with van der Waals surface area (Å²) in [5.41, 5.74) is 1.84. The smallest absolute Gasteiger partial charge is 0.224 e. The van der Waals surface area contributed by atoms with E-state index >= 15 is 0 Å². The summed E-state index contributed by atoms with van der Waals surface area (Å²) < 4.78 is 7.24. The van der Waals surface area contributed by atoms with Crippen molar-refractivity contribution in [2.75, 3.05) is 25.1 Å². The summed E-state index contributed by atoms with van der Waals surface area (Å²) in [6.45, 7) is 3.23. The molecule has 1 N–H and O–H groups in total. The molecule has 3 heterocycles. The number of nitrogens with one attached hydrogen (secondary N) is 1. The molecular formula is C17H24N6O2. The van der Waals surface area contributed by atoms with Crippen LogP contribution in [0.1, 0.15) is 17.7 Å². The highest BCUT2D eigenvalue weighted by Crippen LogP contribution is 2.24. The zero-order valence-electron chi connectivity index (χ0n) is 14.8. The monoisotopic (exact) mass is 344 g/mol. The lowest BCUT2D eigenvalue weighted by Crippen LogP contribution is -2.41. The number of rotatable bonds is 6. The van der Waals surface area contributed by atoms with Crippen molar-refractivity contribution in [3.63, 3.8) is 0 Å². The number of aromatic nitrogens is 4. The largest absolute Gasteiger partial charge is 0.380 e. The maximum absolute atomic E-state index is 12.3. The van der Waals surface area contributed by atoms with Gasteiger partial charge in [0.25, 0.3) is 0 Å². The number of carbonyl (C=O) groups excluding carboxylic acids is 1. The van der Waals surface area contributed by atoms with Gasteiger partial charge in [0.15, 0.2) is 0 Å². The second kappa shape index (κ2) is 7.60. The maximum atomic E-state index is 12.3.